The van der Waals surface area contributed by atoms with Crippen molar-refractivity contribution in [3.8, 4) is 0 Å². The van der Waals surface area contributed by atoms with Crippen molar-refractivity contribution in [2.24, 2.45) is 0 Å². The summed E-state index contributed by atoms with van der Waals surface area (Å²) >= 11 is 0. The summed E-state index contributed by atoms with van der Waals surface area (Å²) in [5.74, 6) is 0. The smallest absolute Gasteiger partial charge is 0.0319 e. The zero-order valence-corrected chi connectivity index (χ0v) is 8.80. The minimum absolute atomic E-state index is 1.00. The van der Waals surface area contributed by atoms with E-state index in [1.807, 2.05) is 13.8 Å². The summed E-state index contributed by atoms with van der Waals surface area (Å²) in [6, 6.07) is 0. The summed E-state index contributed by atoms with van der Waals surface area (Å²) in [4.78, 5) is 0. The van der Waals surface area contributed by atoms with E-state index in [4.69, 9.17) is 5.11 Å². The van der Waals surface area contributed by atoms with Gasteiger partial charge >= 0.3 is 0 Å². The third kappa shape index (κ3) is 7.55. The van der Waals surface area contributed by atoms with Crippen LogP contribution in [0, 0.1) is 0 Å². The highest BCUT2D eigenvalue weighted by Gasteiger charge is 1.90. The van der Waals surface area contributed by atoms with Gasteiger partial charge in [0.15, 0.2) is 0 Å². The number of aliphatic hydroxyl groups excluding tert-OH is 1. The molecule has 0 aliphatic heterocycles. The summed E-state index contributed by atoms with van der Waals surface area (Å²) in [5, 5.41) is 7.00. The molecule has 12 heavy (non-hydrogen) atoms. The zero-order chi connectivity index (χ0) is 9.82. The topological polar surface area (TPSA) is 20.2 Å². The summed E-state index contributed by atoms with van der Waals surface area (Å²) in [5.41, 5.74) is 1.50. The molecule has 0 amide bonds. The number of aliphatic hydroxyl groups is 1. The monoisotopic (exact) mass is 170 g/mol. The van der Waals surface area contributed by atoms with E-state index in [9.17, 15) is 0 Å². The number of hydrogen-bond donors (Lipinski definition) is 1. The van der Waals surface area contributed by atoms with Crippen molar-refractivity contribution in [3.63, 3.8) is 0 Å². The van der Waals surface area contributed by atoms with E-state index in [1.165, 1.54) is 24.8 Å². The van der Waals surface area contributed by atoms with Crippen LogP contribution in [0.2, 0.25) is 0 Å². The lowest BCUT2D eigenvalue weighted by molar-refractivity contribution is 0.399. The van der Waals surface area contributed by atoms with Gasteiger partial charge in [-0.25, -0.2) is 0 Å². The average Bonchev–Trinajstić information content (AvgIpc) is 2.25. The largest absolute Gasteiger partial charge is 0.400 e. The Labute approximate surface area is 76.8 Å². The number of allylic oxidation sites excluding steroid dienone is 4. The van der Waals surface area contributed by atoms with Crippen LogP contribution >= 0.6 is 0 Å². The molecule has 0 radical (unpaired) electrons. The van der Waals surface area contributed by atoms with Gasteiger partial charge in [-0.2, -0.15) is 0 Å². The lowest BCUT2D eigenvalue weighted by Crippen LogP contribution is -1.80. The van der Waals surface area contributed by atoms with E-state index >= 15 is 0 Å². The first kappa shape index (κ1) is 14.0. The Morgan fingerprint density at radius 1 is 1.25 bits per heavy atom. The van der Waals surface area contributed by atoms with Crippen molar-refractivity contribution in [1.29, 1.82) is 0 Å². The molecule has 0 aromatic rings. The molecule has 1 heteroatoms. The van der Waals surface area contributed by atoms with Gasteiger partial charge < -0.3 is 5.11 Å². The van der Waals surface area contributed by atoms with Crippen molar-refractivity contribution >= 4 is 0 Å². The lowest BCUT2D eigenvalue weighted by Gasteiger charge is -2.01. The van der Waals surface area contributed by atoms with Crippen LogP contribution in [0.25, 0.3) is 0 Å². The van der Waals surface area contributed by atoms with Gasteiger partial charge in [-0.15, -0.1) is 0 Å². The molecule has 1 aliphatic rings. The Hall–Kier alpha value is -0.560. The van der Waals surface area contributed by atoms with Crippen LogP contribution in [-0.2, 0) is 0 Å². The van der Waals surface area contributed by atoms with Crippen molar-refractivity contribution in [2.45, 2.75) is 40.0 Å². The maximum atomic E-state index is 7.00. The minimum atomic E-state index is 1.00. The van der Waals surface area contributed by atoms with Crippen molar-refractivity contribution < 1.29 is 5.11 Å². The second-order valence-corrected chi connectivity index (χ2v) is 2.11. The van der Waals surface area contributed by atoms with Gasteiger partial charge in [0, 0.05) is 7.11 Å². The second kappa shape index (κ2) is 13.1. The van der Waals surface area contributed by atoms with E-state index < -0.39 is 0 Å². The summed E-state index contributed by atoms with van der Waals surface area (Å²) in [7, 11) is 1.00. The van der Waals surface area contributed by atoms with Gasteiger partial charge in [0.1, 0.15) is 0 Å². The van der Waals surface area contributed by atoms with E-state index in [0.717, 1.165) is 7.11 Å². The Morgan fingerprint density at radius 2 is 1.83 bits per heavy atom. The maximum absolute atomic E-state index is 7.00. The van der Waals surface area contributed by atoms with E-state index in [1.54, 1.807) is 0 Å². The Bertz CT molecular complexity index is 123. The summed E-state index contributed by atoms with van der Waals surface area (Å²) < 4.78 is 0. The Balaban J connectivity index is 0. The van der Waals surface area contributed by atoms with Crippen LogP contribution in [-0.4, -0.2) is 12.2 Å². The molecule has 1 aliphatic carbocycles. The third-order valence-electron chi connectivity index (χ3n) is 1.48. The van der Waals surface area contributed by atoms with Gasteiger partial charge in [0.25, 0.3) is 0 Å². The predicted molar refractivity (Wildman–Crippen MR) is 56.2 cm³/mol. The first-order valence-corrected chi connectivity index (χ1v) is 4.74. The van der Waals surface area contributed by atoms with Crippen molar-refractivity contribution in [1.82, 2.24) is 0 Å². The molecule has 1 N–H and O–H groups in total. The molecule has 0 heterocycles. The van der Waals surface area contributed by atoms with Crippen LogP contribution in [0.4, 0.5) is 0 Å². The minimum Gasteiger partial charge on any atom is -0.400 e. The van der Waals surface area contributed by atoms with E-state index in [-0.39, 0.29) is 0 Å². The fraction of sp³-hybridized carbons (Fsp3) is 0.636. The number of rotatable bonds is 1. The molecule has 72 valence electrons. The molecule has 0 saturated heterocycles. The predicted octanol–water partition coefficient (Wildman–Crippen LogP) is 3.31. The first-order chi connectivity index (χ1) is 5.93. The van der Waals surface area contributed by atoms with Gasteiger partial charge in [-0.3, -0.25) is 0 Å². The van der Waals surface area contributed by atoms with E-state index in [0.29, 0.717) is 0 Å². The molecular weight excluding hydrogens is 148 g/mol. The standard InChI is InChI=1S/C8H12.C2H6.CH4O/c1-2-8-6-4-3-5-7-8;2*1-2/h4,6-7H,2-3,5H2,1H3;1-2H3;2H,1H3. The first-order valence-electron chi connectivity index (χ1n) is 4.74. The SMILES string of the molecule is CC.CCC1=CCCC=C1.CO. The summed E-state index contributed by atoms with van der Waals surface area (Å²) in [6.07, 6.45) is 10.5. The van der Waals surface area contributed by atoms with Crippen molar-refractivity contribution in [2.75, 3.05) is 7.11 Å². The van der Waals surface area contributed by atoms with Gasteiger partial charge in [0.05, 0.1) is 0 Å². The summed E-state index contributed by atoms with van der Waals surface area (Å²) in [6.45, 7) is 6.20. The van der Waals surface area contributed by atoms with Gasteiger partial charge in [0.2, 0.25) is 0 Å². The second-order valence-electron chi connectivity index (χ2n) is 2.11. The quantitative estimate of drug-likeness (QED) is 0.640. The molecule has 0 spiro atoms. The molecule has 0 saturated carbocycles. The molecule has 0 aromatic heterocycles. The zero-order valence-electron chi connectivity index (χ0n) is 8.80. The average molecular weight is 170 g/mol. The molecule has 1 rings (SSSR count). The maximum Gasteiger partial charge on any atom is 0.0319 e. The fourth-order valence-corrected chi connectivity index (χ4v) is 0.930. The normalized spacial score (nSPS) is 13.2. The van der Waals surface area contributed by atoms with Crippen LogP contribution in [0.3, 0.4) is 0 Å². The highest BCUT2D eigenvalue weighted by Crippen LogP contribution is 2.11. The molecule has 1 nitrogen and oxygen atoms in total. The third-order valence-corrected chi connectivity index (χ3v) is 1.48. The Kier molecular flexibility index (Phi) is 15.2. The highest BCUT2D eigenvalue weighted by atomic mass is 16.2. The molecule has 0 bridgehead atoms. The highest BCUT2D eigenvalue weighted by molar-refractivity contribution is 5.21. The van der Waals surface area contributed by atoms with Crippen LogP contribution in [0.1, 0.15) is 40.0 Å². The fourth-order valence-electron chi connectivity index (χ4n) is 0.930. The van der Waals surface area contributed by atoms with Crippen LogP contribution in [0.15, 0.2) is 23.8 Å². The van der Waals surface area contributed by atoms with Crippen LogP contribution < -0.4 is 0 Å². The Morgan fingerprint density at radius 3 is 2.08 bits per heavy atom. The molecule has 0 aromatic carbocycles. The number of hydrogen-bond acceptors (Lipinski definition) is 1. The van der Waals surface area contributed by atoms with Crippen LogP contribution in [0.5, 0.6) is 0 Å². The lowest BCUT2D eigenvalue weighted by atomic mass is 10.1. The molecule has 0 unspecified atom stereocenters. The molecule has 0 atom stereocenters. The molecule has 0 fully saturated rings. The van der Waals surface area contributed by atoms with Crippen molar-refractivity contribution in [3.05, 3.63) is 23.8 Å². The molecular formula is C11H22O. The van der Waals surface area contributed by atoms with Gasteiger partial charge in [-0.1, -0.05) is 44.6 Å². The van der Waals surface area contributed by atoms with Gasteiger partial charge in [-0.05, 0) is 19.3 Å². The van der Waals surface area contributed by atoms with E-state index in [2.05, 4.69) is 25.2 Å².